The number of piperazine rings is 1. The van der Waals surface area contributed by atoms with E-state index in [1.54, 1.807) is 24.3 Å². The van der Waals surface area contributed by atoms with E-state index in [9.17, 15) is 9.18 Å². The number of nitrogens with one attached hydrogen (secondary N) is 2. The molecule has 0 radical (unpaired) electrons. The Labute approximate surface area is 245 Å². The number of halogens is 1. The predicted octanol–water partition coefficient (Wildman–Crippen LogP) is 4.99. The second kappa shape index (κ2) is 13.7. The van der Waals surface area contributed by atoms with Crippen LogP contribution in [0.5, 0.6) is 0 Å². The maximum atomic E-state index is 14.3. The maximum Gasteiger partial charge on any atom is 0.228 e. The Morgan fingerprint density at radius 2 is 1.85 bits per heavy atom. The van der Waals surface area contributed by atoms with E-state index in [1.807, 2.05) is 6.92 Å². The van der Waals surface area contributed by atoms with Crippen LogP contribution in [0.15, 0.2) is 42.9 Å². The van der Waals surface area contributed by atoms with Gasteiger partial charge in [-0.15, -0.1) is 0 Å². The quantitative estimate of drug-likeness (QED) is 0.419. The van der Waals surface area contributed by atoms with Crippen LogP contribution in [0.2, 0.25) is 0 Å². The molecule has 1 amide bonds. The molecule has 41 heavy (non-hydrogen) atoms. The first-order chi connectivity index (χ1) is 19.8. The summed E-state index contributed by atoms with van der Waals surface area (Å²) < 4.78 is 14.3. The highest BCUT2D eigenvalue weighted by atomic mass is 32.2. The van der Waals surface area contributed by atoms with Crippen molar-refractivity contribution in [2.75, 3.05) is 49.6 Å². The molecule has 0 spiro atoms. The van der Waals surface area contributed by atoms with Gasteiger partial charge in [0.05, 0.1) is 17.6 Å². The van der Waals surface area contributed by atoms with Gasteiger partial charge in [-0.25, -0.2) is 14.4 Å². The largest absolute Gasteiger partial charge is 0.339 e. The Morgan fingerprint density at radius 1 is 1.07 bits per heavy atom. The van der Waals surface area contributed by atoms with Gasteiger partial charge in [0.1, 0.15) is 23.8 Å². The highest BCUT2D eigenvalue weighted by Gasteiger charge is 2.38. The first-order valence-electron chi connectivity index (χ1n) is 14.4. The number of rotatable bonds is 6. The number of carbonyl (C=O) groups excluding carboxylic acids is 1. The molecule has 1 atom stereocenters. The fourth-order valence-electron chi connectivity index (χ4n) is 5.30. The molecule has 4 heterocycles. The van der Waals surface area contributed by atoms with Crippen LogP contribution in [0.1, 0.15) is 38.2 Å². The summed E-state index contributed by atoms with van der Waals surface area (Å²) in [4.78, 5) is 26.0. The maximum absolute atomic E-state index is 14.3. The fourth-order valence-corrected chi connectivity index (χ4v) is 6.37. The molecule has 0 bridgehead atoms. The summed E-state index contributed by atoms with van der Waals surface area (Å²) in [6.07, 6.45) is 7.59. The Hall–Kier alpha value is -3.15. The van der Waals surface area contributed by atoms with Crippen molar-refractivity contribution in [3.8, 4) is 11.3 Å². The number of amides is 1. The lowest BCUT2D eigenvalue weighted by molar-refractivity contribution is -0.124. The van der Waals surface area contributed by atoms with Crippen molar-refractivity contribution < 1.29 is 9.18 Å². The summed E-state index contributed by atoms with van der Waals surface area (Å²) in [7, 11) is 2.15. The Balaban J connectivity index is 0.000000500. The van der Waals surface area contributed by atoms with Crippen LogP contribution in [0.4, 0.5) is 21.7 Å². The molecule has 11 heteroatoms. The van der Waals surface area contributed by atoms with E-state index >= 15 is 0 Å². The van der Waals surface area contributed by atoms with Crippen LogP contribution in [0, 0.1) is 18.7 Å². The van der Waals surface area contributed by atoms with Gasteiger partial charge in [-0.1, -0.05) is 18.6 Å². The SMILES string of the molecule is CC1CCCS1.Cc1ccc(F)c(-c2cc(Nc3cc(NC(=O)C4CC(N5CCN(C)CC5)C4)ncn3)cnn2)c1. The normalized spacial score (nSPS) is 22.8. The number of hydrogen-bond donors (Lipinski definition) is 2. The molecule has 3 aromatic rings. The number of aromatic nitrogens is 4. The Bertz CT molecular complexity index is 1320. The standard InChI is InChI=1S/C25H29FN8O.C5H10S/c1-16-3-4-21(26)20(9-16)22-12-18(14-29-32-22)30-23-13-24(28-15-27-23)31-25(35)17-10-19(11-17)34-7-5-33(2)6-8-34;1-5-3-2-4-6-5/h3-4,9,12-15,17,19H,5-8,10-11H2,1-2H3,(H2,27,28,30,31,32,35);5H,2-4H2,1H3. The van der Waals surface area contributed by atoms with Crippen molar-refractivity contribution in [3.05, 3.63) is 54.2 Å². The minimum absolute atomic E-state index is 0.00205. The summed E-state index contributed by atoms with van der Waals surface area (Å²) in [5.74, 6) is 1.96. The third-order valence-corrected chi connectivity index (χ3v) is 9.27. The average molecular weight is 579 g/mol. The zero-order valence-corrected chi connectivity index (χ0v) is 24.8. The van der Waals surface area contributed by atoms with Crippen molar-refractivity contribution in [1.82, 2.24) is 30.0 Å². The summed E-state index contributed by atoms with van der Waals surface area (Å²) in [6, 6.07) is 8.73. The van der Waals surface area contributed by atoms with E-state index in [4.69, 9.17) is 0 Å². The van der Waals surface area contributed by atoms with Crippen LogP contribution in [-0.4, -0.2) is 86.1 Å². The topological polar surface area (TPSA) is 99.2 Å². The van der Waals surface area contributed by atoms with E-state index in [-0.39, 0.29) is 17.6 Å². The molecule has 9 nitrogen and oxygen atoms in total. The number of nitrogens with zero attached hydrogens (tertiary/aromatic N) is 6. The van der Waals surface area contributed by atoms with Crippen LogP contribution in [-0.2, 0) is 4.79 Å². The van der Waals surface area contributed by atoms with Crippen molar-refractivity contribution >= 4 is 35.0 Å². The zero-order valence-electron chi connectivity index (χ0n) is 24.0. The molecule has 2 saturated heterocycles. The molecule has 3 aliphatic rings. The molecule has 1 aliphatic carbocycles. The summed E-state index contributed by atoms with van der Waals surface area (Å²) >= 11 is 2.10. The van der Waals surface area contributed by atoms with Gasteiger partial charge in [0.2, 0.25) is 5.91 Å². The van der Waals surface area contributed by atoms with Gasteiger partial charge in [0.15, 0.2) is 0 Å². The number of benzene rings is 1. The van der Waals surface area contributed by atoms with Crippen molar-refractivity contribution in [2.45, 2.75) is 50.8 Å². The molecule has 6 rings (SSSR count). The molecular formula is C30H39FN8OS. The molecule has 1 unspecified atom stereocenters. The molecule has 1 aromatic carbocycles. The number of aryl methyl sites for hydroxylation is 1. The second-order valence-electron chi connectivity index (χ2n) is 11.2. The highest BCUT2D eigenvalue weighted by molar-refractivity contribution is 8.00. The van der Waals surface area contributed by atoms with Gasteiger partial charge < -0.3 is 15.5 Å². The predicted molar refractivity (Wildman–Crippen MR) is 163 cm³/mol. The lowest BCUT2D eigenvalue weighted by Gasteiger charge is -2.45. The molecule has 2 N–H and O–H groups in total. The molecule has 1 saturated carbocycles. The van der Waals surface area contributed by atoms with E-state index in [0.717, 1.165) is 49.8 Å². The van der Waals surface area contributed by atoms with E-state index in [0.29, 0.717) is 34.6 Å². The molecule has 2 aromatic heterocycles. The van der Waals surface area contributed by atoms with Gasteiger partial charge in [0, 0.05) is 55.0 Å². The number of thioether (sulfide) groups is 1. The van der Waals surface area contributed by atoms with Gasteiger partial charge >= 0.3 is 0 Å². The van der Waals surface area contributed by atoms with Crippen LogP contribution in [0.3, 0.4) is 0 Å². The van der Waals surface area contributed by atoms with Gasteiger partial charge in [-0.05, 0) is 63.6 Å². The van der Waals surface area contributed by atoms with Crippen LogP contribution < -0.4 is 10.6 Å². The number of anilines is 3. The van der Waals surface area contributed by atoms with E-state index in [1.165, 1.54) is 37.2 Å². The third kappa shape index (κ3) is 7.99. The zero-order chi connectivity index (χ0) is 28.8. The van der Waals surface area contributed by atoms with E-state index < -0.39 is 0 Å². The van der Waals surface area contributed by atoms with E-state index in [2.05, 4.69) is 66.3 Å². The average Bonchev–Trinajstić information content (AvgIpc) is 3.42. The number of hydrogen-bond acceptors (Lipinski definition) is 9. The van der Waals surface area contributed by atoms with Gasteiger partial charge in [-0.2, -0.15) is 22.0 Å². The minimum Gasteiger partial charge on any atom is -0.339 e. The first kappa shape index (κ1) is 29.3. The number of likely N-dealkylation sites (N-methyl/N-ethyl adjacent to an activating group) is 1. The molecular weight excluding hydrogens is 539 g/mol. The third-order valence-electron chi connectivity index (χ3n) is 7.94. The second-order valence-corrected chi connectivity index (χ2v) is 12.7. The van der Waals surface area contributed by atoms with Gasteiger partial charge in [-0.3, -0.25) is 9.69 Å². The van der Waals surface area contributed by atoms with Crippen molar-refractivity contribution in [1.29, 1.82) is 0 Å². The van der Waals surface area contributed by atoms with Crippen molar-refractivity contribution in [3.63, 3.8) is 0 Å². The monoisotopic (exact) mass is 578 g/mol. The fraction of sp³-hybridized carbons (Fsp3) is 0.500. The Morgan fingerprint density at radius 3 is 2.56 bits per heavy atom. The lowest BCUT2D eigenvalue weighted by atomic mass is 9.78. The summed E-state index contributed by atoms with van der Waals surface area (Å²) in [5, 5.41) is 15.1. The van der Waals surface area contributed by atoms with Crippen LogP contribution >= 0.6 is 11.8 Å². The summed E-state index contributed by atoms with van der Waals surface area (Å²) in [6.45, 7) is 8.50. The molecule has 3 fully saturated rings. The molecule has 218 valence electrons. The lowest BCUT2D eigenvalue weighted by Crippen LogP contribution is -2.54. The van der Waals surface area contributed by atoms with Gasteiger partial charge in [0.25, 0.3) is 0 Å². The first-order valence-corrected chi connectivity index (χ1v) is 15.4. The molecule has 2 aliphatic heterocycles. The van der Waals surface area contributed by atoms with Crippen molar-refractivity contribution in [2.24, 2.45) is 5.92 Å². The minimum atomic E-state index is -0.361. The smallest absolute Gasteiger partial charge is 0.228 e. The highest BCUT2D eigenvalue weighted by Crippen LogP contribution is 2.33. The number of carbonyl (C=O) groups is 1. The Kier molecular flexibility index (Phi) is 9.79. The van der Waals surface area contributed by atoms with Crippen LogP contribution in [0.25, 0.3) is 11.3 Å². The summed E-state index contributed by atoms with van der Waals surface area (Å²) in [5.41, 5.74) is 2.32.